The van der Waals surface area contributed by atoms with E-state index in [9.17, 15) is 14.0 Å². The van der Waals surface area contributed by atoms with E-state index in [-0.39, 0.29) is 23.1 Å². The maximum atomic E-state index is 13.2. The maximum absolute atomic E-state index is 13.2. The van der Waals surface area contributed by atoms with E-state index in [0.29, 0.717) is 5.82 Å². The van der Waals surface area contributed by atoms with Gasteiger partial charge in [-0.3, -0.25) is 4.79 Å². The highest BCUT2D eigenvalue weighted by Gasteiger charge is 2.15. The molecule has 0 fully saturated rings. The summed E-state index contributed by atoms with van der Waals surface area (Å²) in [6.07, 6.45) is 0. The molecule has 2 N–H and O–H groups in total. The van der Waals surface area contributed by atoms with Crippen LogP contribution in [0.5, 0.6) is 11.6 Å². The third kappa shape index (κ3) is 3.44. The third-order valence-electron chi connectivity index (χ3n) is 2.67. The van der Waals surface area contributed by atoms with E-state index in [1.807, 2.05) is 13.8 Å². The molecule has 0 aliphatic rings. The van der Waals surface area contributed by atoms with Crippen LogP contribution in [0.3, 0.4) is 0 Å². The minimum absolute atomic E-state index is 0.0484. The molecule has 0 saturated carbocycles. The van der Waals surface area contributed by atoms with Crippen molar-refractivity contribution in [1.82, 2.24) is 9.97 Å². The number of carbonyl (C=O) groups is 1. The van der Waals surface area contributed by atoms with Gasteiger partial charge in [-0.25, -0.2) is 9.18 Å². The predicted octanol–water partition coefficient (Wildman–Crippen LogP) is 2.52. The van der Waals surface area contributed by atoms with Gasteiger partial charge in [-0.15, -0.1) is 0 Å². The Morgan fingerprint density at radius 1 is 1.38 bits per heavy atom. The zero-order chi connectivity index (χ0) is 15.6. The normalized spacial score (nSPS) is 10.7. The van der Waals surface area contributed by atoms with Gasteiger partial charge in [0.1, 0.15) is 23.0 Å². The summed E-state index contributed by atoms with van der Waals surface area (Å²) in [7, 11) is 0. The summed E-state index contributed by atoms with van der Waals surface area (Å²) < 4.78 is 18.5. The van der Waals surface area contributed by atoms with Gasteiger partial charge in [0.2, 0.25) is 5.88 Å². The summed E-state index contributed by atoms with van der Waals surface area (Å²) in [6.45, 7) is 3.65. The van der Waals surface area contributed by atoms with Gasteiger partial charge in [0, 0.05) is 12.0 Å². The number of carboxylic acid groups (broad SMARTS) is 1. The van der Waals surface area contributed by atoms with Crippen molar-refractivity contribution in [1.29, 1.82) is 0 Å². The number of nitrogens with one attached hydrogen (secondary N) is 1. The third-order valence-corrected chi connectivity index (χ3v) is 2.67. The Morgan fingerprint density at radius 2 is 2.10 bits per heavy atom. The van der Waals surface area contributed by atoms with Gasteiger partial charge >= 0.3 is 5.97 Å². The fourth-order valence-electron chi connectivity index (χ4n) is 1.65. The molecular weight excluding hydrogens is 279 g/mol. The molecule has 0 aliphatic carbocycles. The van der Waals surface area contributed by atoms with Gasteiger partial charge in [-0.2, -0.15) is 4.98 Å². The molecule has 110 valence electrons. The van der Waals surface area contributed by atoms with Crippen molar-refractivity contribution in [2.24, 2.45) is 0 Å². The van der Waals surface area contributed by atoms with Crippen molar-refractivity contribution >= 4 is 5.97 Å². The molecule has 0 bridgehead atoms. The second-order valence-corrected chi connectivity index (χ2v) is 4.67. The SMILES string of the molecule is CC(C)c1nc(Oc2cc(F)ccc2C(=O)O)cc(=O)[nH]1. The summed E-state index contributed by atoms with van der Waals surface area (Å²) in [5.41, 5.74) is -0.651. The standard InChI is InChI=1S/C14H13FN2O4/c1-7(2)13-16-11(18)6-12(17-13)21-10-5-8(15)3-4-9(10)14(19)20/h3-7H,1-2H3,(H,19,20)(H,16,17,18). The minimum Gasteiger partial charge on any atom is -0.478 e. The fraction of sp³-hybridized carbons (Fsp3) is 0.214. The molecule has 0 unspecified atom stereocenters. The van der Waals surface area contributed by atoms with Crippen LogP contribution in [0.1, 0.15) is 35.9 Å². The van der Waals surface area contributed by atoms with Crippen molar-refractivity contribution in [2.75, 3.05) is 0 Å². The average Bonchev–Trinajstić information content (AvgIpc) is 2.37. The number of aromatic carboxylic acids is 1. The first kappa shape index (κ1) is 14.7. The quantitative estimate of drug-likeness (QED) is 0.903. The molecule has 1 heterocycles. The molecule has 0 aliphatic heterocycles. The second kappa shape index (κ2) is 5.74. The summed E-state index contributed by atoms with van der Waals surface area (Å²) in [5, 5.41) is 9.04. The Balaban J connectivity index is 2.45. The van der Waals surface area contributed by atoms with E-state index in [1.54, 1.807) is 0 Å². The molecule has 0 radical (unpaired) electrons. The second-order valence-electron chi connectivity index (χ2n) is 4.67. The highest BCUT2D eigenvalue weighted by Crippen LogP contribution is 2.25. The van der Waals surface area contributed by atoms with Gasteiger partial charge in [0.25, 0.3) is 5.56 Å². The lowest BCUT2D eigenvalue weighted by atomic mass is 10.2. The van der Waals surface area contributed by atoms with Crippen LogP contribution in [0, 0.1) is 5.82 Å². The summed E-state index contributed by atoms with van der Waals surface area (Å²) in [5.74, 6) is -1.87. The zero-order valence-corrected chi connectivity index (χ0v) is 11.4. The van der Waals surface area contributed by atoms with E-state index in [2.05, 4.69) is 9.97 Å². The molecule has 6 nitrogen and oxygen atoms in total. The topological polar surface area (TPSA) is 92.3 Å². The van der Waals surface area contributed by atoms with Gasteiger partial charge in [0.05, 0.1) is 6.07 Å². The smallest absolute Gasteiger partial charge is 0.339 e. The molecule has 2 aromatic rings. The number of halogens is 1. The van der Waals surface area contributed by atoms with Gasteiger partial charge < -0.3 is 14.8 Å². The number of benzene rings is 1. The molecule has 0 saturated heterocycles. The first-order valence-electron chi connectivity index (χ1n) is 6.19. The predicted molar refractivity (Wildman–Crippen MR) is 72.4 cm³/mol. The highest BCUT2D eigenvalue weighted by molar-refractivity contribution is 5.90. The molecule has 7 heteroatoms. The summed E-state index contributed by atoms with van der Waals surface area (Å²) >= 11 is 0. The first-order chi connectivity index (χ1) is 9.86. The molecule has 21 heavy (non-hydrogen) atoms. The van der Waals surface area contributed by atoms with Crippen molar-refractivity contribution in [2.45, 2.75) is 19.8 Å². The molecule has 0 atom stereocenters. The van der Waals surface area contributed by atoms with Crippen molar-refractivity contribution in [3.63, 3.8) is 0 Å². The zero-order valence-electron chi connectivity index (χ0n) is 11.4. The summed E-state index contributed by atoms with van der Waals surface area (Å²) in [4.78, 5) is 29.2. The number of aromatic nitrogens is 2. The molecular formula is C14H13FN2O4. The van der Waals surface area contributed by atoms with Crippen LogP contribution in [0.15, 0.2) is 29.1 Å². The van der Waals surface area contributed by atoms with Crippen molar-refractivity contribution in [3.05, 3.63) is 51.8 Å². The van der Waals surface area contributed by atoms with E-state index >= 15 is 0 Å². The highest BCUT2D eigenvalue weighted by atomic mass is 19.1. The average molecular weight is 292 g/mol. The number of hydrogen-bond donors (Lipinski definition) is 2. The lowest BCUT2D eigenvalue weighted by molar-refractivity contribution is 0.0694. The number of aromatic amines is 1. The van der Waals surface area contributed by atoms with Crippen LogP contribution in [-0.2, 0) is 0 Å². The Morgan fingerprint density at radius 3 is 2.71 bits per heavy atom. The number of rotatable bonds is 4. The Labute approximate surface area is 119 Å². The lowest BCUT2D eigenvalue weighted by Crippen LogP contribution is -2.12. The van der Waals surface area contributed by atoms with E-state index in [4.69, 9.17) is 9.84 Å². The van der Waals surface area contributed by atoms with E-state index in [0.717, 1.165) is 24.3 Å². The number of ether oxygens (including phenoxy) is 1. The van der Waals surface area contributed by atoms with Crippen LogP contribution < -0.4 is 10.3 Å². The molecule has 0 spiro atoms. The largest absolute Gasteiger partial charge is 0.478 e. The number of nitrogens with zero attached hydrogens (tertiary/aromatic N) is 1. The fourth-order valence-corrected chi connectivity index (χ4v) is 1.65. The van der Waals surface area contributed by atoms with Crippen LogP contribution in [0.25, 0.3) is 0 Å². The van der Waals surface area contributed by atoms with Crippen LogP contribution in [0.2, 0.25) is 0 Å². The number of hydrogen-bond acceptors (Lipinski definition) is 4. The maximum Gasteiger partial charge on any atom is 0.339 e. The van der Waals surface area contributed by atoms with E-state index in [1.165, 1.54) is 0 Å². The number of H-pyrrole nitrogens is 1. The Bertz CT molecular complexity index is 740. The monoisotopic (exact) mass is 292 g/mol. The molecule has 1 aromatic carbocycles. The molecule has 2 rings (SSSR count). The van der Waals surface area contributed by atoms with Crippen LogP contribution in [0.4, 0.5) is 4.39 Å². The van der Waals surface area contributed by atoms with Crippen LogP contribution >= 0.6 is 0 Å². The Kier molecular flexibility index (Phi) is 4.02. The van der Waals surface area contributed by atoms with Crippen LogP contribution in [-0.4, -0.2) is 21.0 Å². The first-order valence-corrected chi connectivity index (χ1v) is 6.19. The molecule has 1 aromatic heterocycles. The lowest BCUT2D eigenvalue weighted by Gasteiger charge is -2.10. The van der Waals surface area contributed by atoms with Gasteiger partial charge in [-0.05, 0) is 12.1 Å². The van der Waals surface area contributed by atoms with Crippen molar-refractivity contribution in [3.8, 4) is 11.6 Å². The van der Waals surface area contributed by atoms with E-state index < -0.39 is 17.3 Å². The van der Waals surface area contributed by atoms with Gasteiger partial charge in [0.15, 0.2) is 0 Å². The minimum atomic E-state index is -1.26. The Hall–Kier alpha value is -2.70. The molecule has 0 amide bonds. The summed E-state index contributed by atoms with van der Waals surface area (Å²) in [6, 6.07) is 4.11. The van der Waals surface area contributed by atoms with Gasteiger partial charge in [-0.1, -0.05) is 13.8 Å². The van der Waals surface area contributed by atoms with Crippen molar-refractivity contribution < 1.29 is 19.0 Å². The number of carboxylic acids is 1.